The number of nitrogens with zero attached hydrogens (tertiary/aromatic N) is 2. The molecule has 6 nitrogen and oxygen atoms in total. The summed E-state index contributed by atoms with van der Waals surface area (Å²) in [6.07, 6.45) is 1.48. The summed E-state index contributed by atoms with van der Waals surface area (Å²) in [7, 11) is 0. The van der Waals surface area contributed by atoms with E-state index in [0.717, 1.165) is 6.07 Å². The second-order valence-corrected chi connectivity index (χ2v) is 3.85. The summed E-state index contributed by atoms with van der Waals surface area (Å²) >= 11 is 0. The Balaban J connectivity index is 2.19. The Kier molecular flexibility index (Phi) is 3.90. The van der Waals surface area contributed by atoms with Gasteiger partial charge in [0.1, 0.15) is 11.5 Å². The lowest BCUT2D eigenvalue weighted by Gasteiger charge is -2.07. The molecule has 102 valence electrons. The first-order chi connectivity index (χ1) is 9.61. The molecule has 0 atom stereocenters. The molecular formula is C13H11FN4O2. The second kappa shape index (κ2) is 5.79. The molecule has 1 aromatic carbocycles. The fourth-order valence-electron chi connectivity index (χ4n) is 1.55. The van der Waals surface area contributed by atoms with E-state index >= 15 is 0 Å². The molecule has 0 unspecified atom stereocenters. The number of hydrogen-bond acceptors (Lipinski definition) is 4. The monoisotopic (exact) mass is 274 g/mol. The lowest BCUT2D eigenvalue weighted by Crippen LogP contribution is -2.16. The van der Waals surface area contributed by atoms with Gasteiger partial charge in [-0.15, -0.1) is 0 Å². The van der Waals surface area contributed by atoms with Crippen LogP contribution in [-0.2, 0) is 0 Å². The third kappa shape index (κ3) is 2.89. The molecule has 0 saturated carbocycles. The maximum atomic E-state index is 13.7. The van der Waals surface area contributed by atoms with Gasteiger partial charge in [-0.05, 0) is 30.3 Å². The highest BCUT2D eigenvalue weighted by Gasteiger charge is 2.11. The van der Waals surface area contributed by atoms with Crippen LogP contribution in [0.3, 0.4) is 0 Å². The first-order valence-corrected chi connectivity index (χ1v) is 5.61. The zero-order chi connectivity index (χ0) is 14.5. The predicted octanol–water partition coefficient (Wildman–Crippen LogP) is 1.57. The number of halogens is 1. The van der Waals surface area contributed by atoms with Gasteiger partial charge in [-0.3, -0.25) is 9.78 Å². The number of nitrogens with two attached hydrogens (primary N) is 1. The van der Waals surface area contributed by atoms with Crippen molar-refractivity contribution in [1.29, 1.82) is 0 Å². The molecule has 2 rings (SSSR count). The van der Waals surface area contributed by atoms with E-state index in [-0.39, 0.29) is 22.8 Å². The number of aromatic nitrogens is 1. The summed E-state index contributed by atoms with van der Waals surface area (Å²) in [5.41, 5.74) is 5.71. The summed E-state index contributed by atoms with van der Waals surface area (Å²) in [6, 6.07) is 8.71. The van der Waals surface area contributed by atoms with E-state index in [4.69, 9.17) is 10.9 Å². The number of pyridine rings is 1. The average Bonchev–Trinajstić information content (AvgIpc) is 2.47. The van der Waals surface area contributed by atoms with Crippen molar-refractivity contribution < 1.29 is 14.4 Å². The number of nitrogens with one attached hydrogen (secondary N) is 1. The van der Waals surface area contributed by atoms with Gasteiger partial charge in [0, 0.05) is 11.9 Å². The van der Waals surface area contributed by atoms with Gasteiger partial charge < -0.3 is 16.3 Å². The highest BCUT2D eigenvalue weighted by atomic mass is 19.1. The molecular weight excluding hydrogens is 263 g/mol. The Morgan fingerprint density at radius 3 is 2.75 bits per heavy atom. The molecule has 1 amide bonds. The molecule has 20 heavy (non-hydrogen) atoms. The number of amidine groups is 1. The third-order valence-electron chi connectivity index (χ3n) is 2.51. The van der Waals surface area contributed by atoms with Crippen molar-refractivity contribution in [2.45, 2.75) is 0 Å². The van der Waals surface area contributed by atoms with Crippen molar-refractivity contribution in [3.8, 4) is 0 Å². The highest BCUT2D eigenvalue weighted by molar-refractivity contribution is 6.03. The molecule has 4 N–H and O–H groups in total. The van der Waals surface area contributed by atoms with Gasteiger partial charge in [-0.2, -0.15) is 0 Å². The minimum Gasteiger partial charge on any atom is -0.409 e. The number of carbonyl (C=O) groups excluding carboxylic acids is 1. The van der Waals surface area contributed by atoms with Crippen molar-refractivity contribution in [3.05, 3.63) is 59.7 Å². The Morgan fingerprint density at radius 1 is 1.35 bits per heavy atom. The normalized spacial score (nSPS) is 11.2. The van der Waals surface area contributed by atoms with Crippen molar-refractivity contribution in [2.75, 3.05) is 5.32 Å². The number of rotatable bonds is 3. The van der Waals surface area contributed by atoms with Crippen LogP contribution in [0.4, 0.5) is 10.1 Å². The lowest BCUT2D eigenvalue weighted by atomic mass is 10.1. The van der Waals surface area contributed by atoms with Crippen molar-refractivity contribution in [1.82, 2.24) is 4.98 Å². The minimum absolute atomic E-state index is 0.0525. The summed E-state index contributed by atoms with van der Waals surface area (Å²) in [5, 5.41) is 13.7. The van der Waals surface area contributed by atoms with Gasteiger partial charge in [0.2, 0.25) is 0 Å². The largest absolute Gasteiger partial charge is 0.409 e. The van der Waals surface area contributed by atoms with Crippen LogP contribution in [0.5, 0.6) is 0 Å². The number of carbonyl (C=O) groups is 1. The van der Waals surface area contributed by atoms with Crippen LogP contribution < -0.4 is 11.1 Å². The molecule has 2 aromatic rings. The molecule has 0 radical (unpaired) electrons. The van der Waals surface area contributed by atoms with Crippen LogP contribution in [0.2, 0.25) is 0 Å². The number of oxime groups is 1. The maximum absolute atomic E-state index is 13.7. The Morgan fingerprint density at radius 2 is 2.15 bits per heavy atom. The van der Waals surface area contributed by atoms with Crippen molar-refractivity contribution >= 4 is 17.4 Å². The van der Waals surface area contributed by atoms with Crippen LogP contribution in [0.1, 0.15) is 16.1 Å². The maximum Gasteiger partial charge on any atom is 0.274 e. The fourth-order valence-corrected chi connectivity index (χ4v) is 1.55. The highest BCUT2D eigenvalue weighted by Crippen LogP contribution is 2.15. The zero-order valence-corrected chi connectivity index (χ0v) is 10.2. The molecule has 1 aromatic heterocycles. The van der Waals surface area contributed by atoms with Gasteiger partial charge in [-0.25, -0.2) is 4.39 Å². The molecule has 0 spiro atoms. The smallest absolute Gasteiger partial charge is 0.274 e. The van der Waals surface area contributed by atoms with Gasteiger partial charge >= 0.3 is 0 Å². The summed E-state index contributed by atoms with van der Waals surface area (Å²) in [4.78, 5) is 15.7. The number of amides is 1. The molecule has 0 aliphatic heterocycles. The second-order valence-electron chi connectivity index (χ2n) is 3.85. The average molecular weight is 274 g/mol. The quantitative estimate of drug-likeness (QED) is 0.342. The molecule has 0 aliphatic rings. The molecule has 0 bridgehead atoms. The van der Waals surface area contributed by atoms with Gasteiger partial charge in [-0.1, -0.05) is 11.2 Å². The standard InChI is InChI=1S/C13H11FN4O2/c14-10-7-8(4-5-9(10)12(15)18-20)17-13(19)11-3-1-2-6-16-11/h1-7,20H,(H2,15,18)(H,17,19). The Hall–Kier alpha value is -2.96. The van der Waals surface area contributed by atoms with Crippen molar-refractivity contribution in [2.24, 2.45) is 10.9 Å². The van der Waals surface area contributed by atoms with Gasteiger partial charge in [0.15, 0.2) is 5.84 Å². The minimum atomic E-state index is -0.709. The van der Waals surface area contributed by atoms with Crippen LogP contribution in [0.25, 0.3) is 0 Å². The number of hydrogen-bond donors (Lipinski definition) is 3. The fraction of sp³-hybridized carbons (Fsp3) is 0. The van der Waals surface area contributed by atoms with E-state index in [0.29, 0.717) is 0 Å². The van der Waals surface area contributed by atoms with Crippen molar-refractivity contribution in [3.63, 3.8) is 0 Å². The zero-order valence-electron chi connectivity index (χ0n) is 10.2. The van der Waals surface area contributed by atoms with E-state index in [9.17, 15) is 9.18 Å². The first-order valence-electron chi connectivity index (χ1n) is 5.61. The molecule has 0 fully saturated rings. The van der Waals surface area contributed by atoms with E-state index in [1.165, 1.54) is 24.4 Å². The molecule has 0 saturated heterocycles. The van der Waals surface area contributed by atoms with Crippen LogP contribution in [0, 0.1) is 5.82 Å². The van der Waals surface area contributed by atoms with E-state index < -0.39 is 11.7 Å². The van der Waals surface area contributed by atoms with Gasteiger partial charge in [0.25, 0.3) is 5.91 Å². The summed E-state index contributed by atoms with van der Waals surface area (Å²) in [6.45, 7) is 0. The molecule has 7 heteroatoms. The number of benzene rings is 1. The lowest BCUT2D eigenvalue weighted by molar-refractivity contribution is 0.102. The van der Waals surface area contributed by atoms with Crippen LogP contribution >= 0.6 is 0 Å². The van der Waals surface area contributed by atoms with E-state index in [2.05, 4.69) is 15.5 Å². The Labute approximate surface area is 113 Å². The predicted molar refractivity (Wildman–Crippen MR) is 71.1 cm³/mol. The van der Waals surface area contributed by atoms with Gasteiger partial charge in [0.05, 0.1) is 5.56 Å². The van der Waals surface area contributed by atoms with Crippen LogP contribution in [-0.4, -0.2) is 21.9 Å². The first kappa shape index (κ1) is 13.5. The van der Waals surface area contributed by atoms with E-state index in [1.54, 1.807) is 12.1 Å². The molecule has 0 aliphatic carbocycles. The Bertz CT molecular complexity index is 659. The summed E-state index contributed by atoms with van der Waals surface area (Å²) < 4.78 is 13.7. The van der Waals surface area contributed by atoms with Crippen LogP contribution in [0.15, 0.2) is 47.8 Å². The van der Waals surface area contributed by atoms with E-state index in [1.807, 2.05) is 0 Å². The molecule has 1 heterocycles. The number of anilines is 1. The SMILES string of the molecule is NC(=NO)c1ccc(NC(=O)c2ccccn2)cc1F. The summed E-state index contributed by atoms with van der Waals surface area (Å²) in [5.74, 6) is -1.51. The third-order valence-corrected chi connectivity index (χ3v) is 2.51. The topological polar surface area (TPSA) is 101 Å².